The normalized spacial score (nSPS) is 24.6. The van der Waals surface area contributed by atoms with Gasteiger partial charge in [-0.05, 0) is 12.8 Å². The van der Waals surface area contributed by atoms with Crippen molar-refractivity contribution in [1.29, 1.82) is 0 Å². The summed E-state index contributed by atoms with van der Waals surface area (Å²) in [6.07, 6.45) is 3.81. The Morgan fingerprint density at radius 1 is 1.42 bits per heavy atom. The Balaban J connectivity index is 1.96. The van der Waals surface area contributed by atoms with E-state index in [9.17, 15) is 0 Å². The van der Waals surface area contributed by atoms with Gasteiger partial charge in [-0.1, -0.05) is 20.8 Å². The van der Waals surface area contributed by atoms with Crippen molar-refractivity contribution in [1.82, 2.24) is 9.97 Å². The van der Waals surface area contributed by atoms with Crippen molar-refractivity contribution in [2.45, 2.75) is 45.8 Å². The van der Waals surface area contributed by atoms with E-state index in [0.717, 1.165) is 18.7 Å². The Labute approximate surface area is 114 Å². The largest absolute Gasteiger partial charge is 0.478 e. The number of ether oxygens (including phenoxy) is 2. The molecular weight excluding hydrogens is 242 g/mol. The predicted molar refractivity (Wildman–Crippen MR) is 74.4 cm³/mol. The molecule has 1 aliphatic rings. The molecule has 0 radical (unpaired) electrons. The first-order valence-corrected chi connectivity index (χ1v) is 6.82. The lowest BCUT2D eigenvalue weighted by atomic mass is 9.64. The van der Waals surface area contributed by atoms with Crippen molar-refractivity contribution in [2.75, 3.05) is 19.0 Å². The lowest BCUT2D eigenvalue weighted by Gasteiger charge is -2.51. The molecule has 2 unspecified atom stereocenters. The standard InChI is InChI=1S/C14H23N3O2/c1-5-6-19-13-8-12(15-9-16-13)17-10-7-11(18-4)14(10,2)3/h8-11H,5-7H2,1-4H3,(H,15,16,17). The lowest BCUT2D eigenvalue weighted by Crippen LogP contribution is -2.57. The van der Waals surface area contributed by atoms with Crippen LogP contribution in [-0.4, -0.2) is 35.8 Å². The van der Waals surface area contributed by atoms with Crippen LogP contribution in [0.5, 0.6) is 5.88 Å². The molecular formula is C14H23N3O2. The quantitative estimate of drug-likeness (QED) is 0.856. The van der Waals surface area contributed by atoms with Crippen LogP contribution < -0.4 is 10.1 Å². The van der Waals surface area contributed by atoms with Gasteiger partial charge in [0.25, 0.3) is 0 Å². The second-order valence-corrected chi connectivity index (χ2v) is 5.57. The van der Waals surface area contributed by atoms with E-state index in [2.05, 4.69) is 36.1 Å². The molecule has 1 aliphatic carbocycles. The zero-order chi connectivity index (χ0) is 13.9. The molecule has 1 heterocycles. The van der Waals surface area contributed by atoms with Gasteiger partial charge in [-0.15, -0.1) is 0 Å². The summed E-state index contributed by atoms with van der Waals surface area (Å²) in [4.78, 5) is 8.34. The van der Waals surface area contributed by atoms with E-state index in [-0.39, 0.29) is 5.41 Å². The van der Waals surface area contributed by atoms with Gasteiger partial charge in [0.1, 0.15) is 12.1 Å². The van der Waals surface area contributed by atoms with E-state index < -0.39 is 0 Å². The number of aromatic nitrogens is 2. The first kappa shape index (κ1) is 14.1. The molecule has 1 aromatic rings. The summed E-state index contributed by atoms with van der Waals surface area (Å²) >= 11 is 0. The second-order valence-electron chi connectivity index (χ2n) is 5.57. The average molecular weight is 265 g/mol. The molecule has 0 aliphatic heterocycles. The molecule has 5 heteroatoms. The molecule has 5 nitrogen and oxygen atoms in total. The van der Waals surface area contributed by atoms with Crippen LogP contribution in [0.2, 0.25) is 0 Å². The number of hydrogen-bond acceptors (Lipinski definition) is 5. The minimum Gasteiger partial charge on any atom is -0.478 e. The Hall–Kier alpha value is -1.36. The van der Waals surface area contributed by atoms with E-state index >= 15 is 0 Å². The van der Waals surface area contributed by atoms with Crippen LogP contribution in [0.3, 0.4) is 0 Å². The van der Waals surface area contributed by atoms with Crippen LogP contribution in [0.4, 0.5) is 5.82 Å². The van der Waals surface area contributed by atoms with E-state index in [1.54, 1.807) is 7.11 Å². The van der Waals surface area contributed by atoms with Gasteiger partial charge in [0.15, 0.2) is 0 Å². The van der Waals surface area contributed by atoms with Crippen molar-refractivity contribution in [2.24, 2.45) is 5.41 Å². The number of rotatable bonds is 6. The summed E-state index contributed by atoms with van der Waals surface area (Å²) < 4.78 is 11.0. The van der Waals surface area contributed by atoms with Gasteiger partial charge < -0.3 is 14.8 Å². The predicted octanol–water partition coefficient (Wildman–Crippen LogP) is 2.49. The Morgan fingerprint density at radius 3 is 2.84 bits per heavy atom. The van der Waals surface area contributed by atoms with Crippen LogP contribution in [-0.2, 0) is 4.74 Å². The summed E-state index contributed by atoms with van der Waals surface area (Å²) in [5.74, 6) is 1.44. The first-order chi connectivity index (χ1) is 9.07. The zero-order valence-electron chi connectivity index (χ0n) is 12.1. The molecule has 106 valence electrons. The van der Waals surface area contributed by atoms with Gasteiger partial charge in [0.2, 0.25) is 5.88 Å². The molecule has 2 atom stereocenters. The maximum atomic E-state index is 5.51. The van der Waals surface area contributed by atoms with Crippen molar-refractivity contribution >= 4 is 5.82 Å². The van der Waals surface area contributed by atoms with Gasteiger partial charge in [-0.3, -0.25) is 0 Å². The highest BCUT2D eigenvalue weighted by Gasteiger charge is 2.48. The fourth-order valence-electron chi connectivity index (χ4n) is 2.41. The van der Waals surface area contributed by atoms with E-state index in [1.165, 1.54) is 6.33 Å². The maximum Gasteiger partial charge on any atom is 0.218 e. The Bertz CT molecular complexity index is 423. The third-order valence-corrected chi connectivity index (χ3v) is 3.88. The van der Waals surface area contributed by atoms with Crippen molar-refractivity contribution in [3.63, 3.8) is 0 Å². The smallest absolute Gasteiger partial charge is 0.218 e. The van der Waals surface area contributed by atoms with Crippen LogP contribution in [0, 0.1) is 5.41 Å². The first-order valence-electron chi connectivity index (χ1n) is 6.82. The molecule has 0 saturated heterocycles. The minimum atomic E-state index is 0.115. The fourth-order valence-corrected chi connectivity index (χ4v) is 2.41. The van der Waals surface area contributed by atoms with Gasteiger partial charge >= 0.3 is 0 Å². The summed E-state index contributed by atoms with van der Waals surface area (Å²) in [7, 11) is 1.77. The molecule has 1 N–H and O–H groups in total. The molecule has 0 bridgehead atoms. The van der Waals surface area contributed by atoms with E-state index in [0.29, 0.717) is 24.6 Å². The highest BCUT2D eigenvalue weighted by Crippen LogP contribution is 2.43. The number of hydrogen-bond donors (Lipinski definition) is 1. The van der Waals surface area contributed by atoms with Crippen LogP contribution in [0.25, 0.3) is 0 Å². The molecule has 1 aromatic heterocycles. The number of methoxy groups -OCH3 is 1. The summed E-state index contributed by atoms with van der Waals surface area (Å²) in [5.41, 5.74) is 0.115. The molecule has 1 saturated carbocycles. The van der Waals surface area contributed by atoms with Crippen LogP contribution in [0.15, 0.2) is 12.4 Å². The molecule has 0 amide bonds. The molecule has 1 fully saturated rings. The van der Waals surface area contributed by atoms with Crippen LogP contribution >= 0.6 is 0 Å². The number of anilines is 1. The SMILES string of the molecule is CCCOc1cc(NC2CC(OC)C2(C)C)ncn1. The third-order valence-electron chi connectivity index (χ3n) is 3.88. The fraction of sp³-hybridized carbons (Fsp3) is 0.714. The summed E-state index contributed by atoms with van der Waals surface area (Å²) in [6, 6.07) is 2.22. The van der Waals surface area contributed by atoms with E-state index in [1.807, 2.05) is 6.07 Å². The van der Waals surface area contributed by atoms with E-state index in [4.69, 9.17) is 9.47 Å². The van der Waals surface area contributed by atoms with Gasteiger partial charge in [-0.2, -0.15) is 0 Å². The Kier molecular flexibility index (Phi) is 4.24. The van der Waals surface area contributed by atoms with Crippen molar-refractivity contribution in [3.05, 3.63) is 12.4 Å². The summed E-state index contributed by atoms with van der Waals surface area (Å²) in [6.45, 7) is 7.16. The average Bonchev–Trinajstić information content (AvgIpc) is 2.41. The number of nitrogens with one attached hydrogen (secondary N) is 1. The molecule has 2 rings (SSSR count). The van der Waals surface area contributed by atoms with Gasteiger partial charge in [0, 0.05) is 24.6 Å². The van der Waals surface area contributed by atoms with Crippen molar-refractivity contribution < 1.29 is 9.47 Å². The minimum absolute atomic E-state index is 0.115. The molecule has 19 heavy (non-hydrogen) atoms. The third kappa shape index (κ3) is 2.97. The highest BCUT2D eigenvalue weighted by atomic mass is 16.5. The highest BCUT2D eigenvalue weighted by molar-refractivity contribution is 5.40. The second kappa shape index (κ2) is 5.74. The zero-order valence-corrected chi connectivity index (χ0v) is 12.1. The number of nitrogens with zero attached hydrogens (tertiary/aromatic N) is 2. The van der Waals surface area contributed by atoms with Crippen molar-refractivity contribution in [3.8, 4) is 5.88 Å². The van der Waals surface area contributed by atoms with Crippen LogP contribution in [0.1, 0.15) is 33.6 Å². The molecule has 0 aromatic carbocycles. The molecule has 0 spiro atoms. The maximum absolute atomic E-state index is 5.51. The monoisotopic (exact) mass is 265 g/mol. The Morgan fingerprint density at radius 2 is 2.21 bits per heavy atom. The topological polar surface area (TPSA) is 56.3 Å². The van der Waals surface area contributed by atoms with Gasteiger partial charge in [-0.25, -0.2) is 9.97 Å². The van der Waals surface area contributed by atoms with Gasteiger partial charge in [0.05, 0.1) is 12.7 Å². The summed E-state index contributed by atoms with van der Waals surface area (Å²) in [5, 5.41) is 3.44. The lowest BCUT2D eigenvalue weighted by molar-refractivity contribution is -0.0795.